The Labute approximate surface area is 152 Å². The van der Waals surface area contributed by atoms with Gasteiger partial charge in [0.05, 0.1) is 10.7 Å². The van der Waals surface area contributed by atoms with Crippen LogP contribution in [0.2, 0.25) is 5.02 Å². The van der Waals surface area contributed by atoms with Gasteiger partial charge in [-0.2, -0.15) is 0 Å². The summed E-state index contributed by atoms with van der Waals surface area (Å²) in [6.07, 6.45) is 8.29. The van der Waals surface area contributed by atoms with Gasteiger partial charge in [0.2, 0.25) is 0 Å². The summed E-state index contributed by atoms with van der Waals surface area (Å²) in [5, 5.41) is 3.17. The van der Waals surface area contributed by atoms with Gasteiger partial charge in [-0.1, -0.05) is 36.2 Å². The normalized spacial score (nSPS) is 30.5. The Morgan fingerprint density at radius 3 is 2.84 bits per heavy atom. The molecule has 1 aliphatic heterocycles. The molecule has 0 bridgehead atoms. The predicted octanol–water partition coefficient (Wildman–Crippen LogP) is 2.40. The molecule has 25 heavy (non-hydrogen) atoms. The van der Waals surface area contributed by atoms with Gasteiger partial charge < -0.3 is 11.1 Å². The fourth-order valence-corrected chi connectivity index (χ4v) is 4.81. The Morgan fingerprint density at radius 1 is 1.24 bits per heavy atom. The van der Waals surface area contributed by atoms with Crippen LogP contribution in [0.1, 0.15) is 32.1 Å². The number of carbonyl (C=O) groups is 1. The summed E-state index contributed by atoms with van der Waals surface area (Å²) in [4.78, 5) is 12.3. The highest BCUT2D eigenvalue weighted by Crippen LogP contribution is 2.43. The van der Waals surface area contributed by atoms with E-state index in [1.54, 1.807) is 12.1 Å². The second-order valence-electron chi connectivity index (χ2n) is 6.61. The third kappa shape index (κ3) is 3.83. The summed E-state index contributed by atoms with van der Waals surface area (Å²) in [6.45, 7) is 0.629. The Morgan fingerprint density at radius 2 is 2.04 bits per heavy atom. The van der Waals surface area contributed by atoms with E-state index in [9.17, 15) is 13.2 Å². The van der Waals surface area contributed by atoms with Gasteiger partial charge in [-0.25, -0.2) is 13.1 Å². The van der Waals surface area contributed by atoms with Crippen LogP contribution < -0.4 is 15.8 Å². The van der Waals surface area contributed by atoms with Crippen LogP contribution in [0.4, 0.5) is 5.69 Å². The van der Waals surface area contributed by atoms with Crippen LogP contribution in [-0.2, 0) is 14.8 Å². The molecule has 0 radical (unpaired) electrons. The van der Waals surface area contributed by atoms with Crippen LogP contribution >= 0.6 is 11.6 Å². The number of hydrogen-bond acceptors (Lipinski definition) is 5. The van der Waals surface area contributed by atoms with Gasteiger partial charge in [0, 0.05) is 12.5 Å². The number of nitrogens with one attached hydrogen (secondary N) is 2. The lowest BCUT2D eigenvalue weighted by molar-refractivity contribution is -0.121. The smallest absolute Gasteiger partial charge is 0.267 e. The van der Waals surface area contributed by atoms with Crippen molar-refractivity contribution in [2.45, 2.75) is 42.5 Å². The van der Waals surface area contributed by atoms with Gasteiger partial charge in [0.25, 0.3) is 15.9 Å². The lowest BCUT2D eigenvalue weighted by Gasteiger charge is -2.16. The van der Waals surface area contributed by atoms with Crippen molar-refractivity contribution in [3.05, 3.63) is 35.4 Å². The minimum atomic E-state index is -4.12. The van der Waals surface area contributed by atoms with Crippen molar-refractivity contribution in [2.24, 2.45) is 11.7 Å². The first-order chi connectivity index (χ1) is 11.8. The Bertz CT molecular complexity index is 809. The molecular formula is C17H22ClN3O3S. The van der Waals surface area contributed by atoms with Crippen molar-refractivity contribution in [3.8, 4) is 0 Å². The van der Waals surface area contributed by atoms with E-state index in [4.69, 9.17) is 17.3 Å². The monoisotopic (exact) mass is 383 g/mol. The summed E-state index contributed by atoms with van der Waals surface area (Å²) in [7, 11) is -4.12. The second kappa shape index (κ2) is 6.97. The maximum atomic E-state index is 12.7. The Kier molecular flexibility index (Phi) is 5.09. The third-order valence-electron chi connectivity index (χ3n) is 4.68. The zero-order chi connectivity index (χ0) is 18.1. The van der Waals surface area contributed by atoms with Crippen LogP contribution in [0, 0.1) is 5.92 Å². The molecule has 1 aromatic rings. The van der Waals surface area contributed by atoms with Crippen LogP contribution in [-0.4, -0.2) is 26.4 Å². The van der Waals surface area contributed by atoms with E-state index in [1.807, 2.05) is 12.2 Å². The SMILES string of the molecule is N[C@]12C[C@@H]1/C=C\CCCCCNc1cccc(Cl)c1S(=O)(=O)NC2=O. The van der Waals surface area contributed by atoms with Crippen molar-refractivity contribution in [1.82, 2.24) is 4.72 Å². The molecule has 8 heteroatoms. The van der Waals surface area contributed by atoms with Crippen molar-refractivity contribution in [3.63, 3.8) is 0 Å². The summed E-state index contributed by atoms with van der Waals surface area (Å²) < 4.78 is 27.6. The predicted molar refractivity (Wildman–Crippen MR) is 97.9 cm³/mol. The van der Waals surface area contributed by atoms with Crippen LogP contribution in [0.5, 0.6) is 0 Å². The molecule has 1 heterocycles. The van der Waals surface area contributed by atoms with Crippen LogP contribution in [0.3, 0.4) is 0 Å². The number of carbonyl (C=O) groups excluding carboxylic acids is 1. The van der Waals surface area contributed by atoms with E-state index >= 15 is 0 Å². The molecule has 0 aromatic heterocycles. The van der Waals surface area contributed by atoms with E-state index < -0.39 is 21.5 Å². The highest BCUT2D eigenvalue weighted by Gasteiger charge is 2.56. The Hall–Kier alpha value is -1.57. The highest BCUT2D eigenvalue weighted by atomic mass is 35.5. The maximum Gasteiger partial charge on any atom is 0.267 e. The largest absolute Gasteiger partial charge is 0.384 e. The molecule has 0 spiro atoms. The molecule has 2 aliphatic rings. The molecule has 4 N–H and O–H groups in total. The molecular weight excluding hydrogens is 362 g/mol. The fourth-order valence-electron chi connectivity index (χ4n) is 3.04. The first-order valence-electron chi connectivity index (χ1n) is 8.40. The number of fused-ring (bicyclic) bond motifs is 2. The van der Waals surface area contributed by atoms with E-state index in [1.165, 1.54) is 6.07 Å². The average molecular weight is 384 g/mol. The number of anilines is 1. The first-order valence-corrected chi connectivity index (χ1v) is 10.3. The molecule has 136 valence electrons. The van der Waals surface area contributed by atoms with Crippen molar-refractivity contribution in [2.75, 3.05) is 11.9 Å². The number of allylic oxidation sites excluding steroid dienone is 1. The molecule has 1 aliphatic carbocycles. The molecule has 1 fully saturated rings. The number of sulfonamides is 1. The second-order valence-corrected chi connectivity index (χ2v) is 8.63. The molecule has 3 rings (SSSR count). The van der Waals surface area contributed by atoms with E-state index in [0.717, 1.165) is 25.7 Å². The lowest BCUT2D eigenvalue weighted by atomic mass is 10.1. The maximum absolute atomic E-state index is 12.7. The number of amides is 1. The van der Waals surface area contributed by atoms with Gasteiger partial charge in [0.1, 0.15) is 10.4 Å². The highest BCUT2D eigenvalue weighted by molar-refractivity contribution is 7.90. The summed E-state index contributed by atoms with van der Waals surface area (Å²) in [5.74, 6) is -0.820. The van der Waals surface area contributed by atoms with Crippen molar-refractivity contribution in [1.29, 1.82) is 0 Å². The van der Waals surface area contributed by atoms with Crippen LogP contribution in [0.25, 0.3) is 0 Å². The fraction of sp³-hybridized carbons (Fsp3) is 0.471. The molecule has 0 unspecified atom stereocenters. The minimum absolute atomic E-state index is 0.0629. The lowest BCUT2D eigenvalue weighted by Crippen LogP contribution is -2.46. The summed E-state index contributed by atoms with van der Waals surface area (Å²) in [6, 6.07) is 4.80. The quantitative estimate of drug-likeness (QED) is 0.597. The minimum Gasteiger partial charge on any atom is -0.384 e. The number of rotatable bonds is 0. The number of nitrogens with two attached hydrogens (primary N) is 1. The van der Waals surface area contributed by atoms with Gasteiger partial charge in [-0.3, -0.25) is 4.79 Å². The third-order valence-corrected chi connectivity index (χ3v) is 6.53. The molecule has 6 nitrogen and oxygen atoms in total. The molecule has 1 saturated carbocycles. The van der Waals surface area contributed by atoms with Gasteiger partial charge in [-0.15, -0.1) is 0 Å². The topological polar surface area (TPSA) is 101 Å². The molecule has 0 saturated heterocycles. The van der Waals surface area contributed by atoms with Gasteiger partial charge in [0.15, 0.2) is 0 Å². The molecule has 2 atom stereocenters. The zero-order valence-corrected chi connectivity index (χ0v) is 15.4. The standard InChI is InChI=1S/C17H22ClN3O3S/c18-13-8-6-9-14-15(13)25(23,24)21-16(22)17(19)11-12(17)7-4-2-1-3-5-10-20-14/h4,6-9,12,20H,1-3,5,10-11,19H2,(H,21,22)/b7-4-/t12-,17+/m0/s1. The molecule has 1 aromatic carbocycles. The van der Waals surface area contributed by atoms with Crippen molar-refractivity contribution >= 4 is 33.2 Å². The average Bonchev–Trinajstić information content (AvgIpc) is 3.20. The number of halogens is 1. The van der Waals surface area contributed by atoms with E-state index in [-0.39, 0.29) is 15.8 Å². The summed E-state index contributed by atoms with van der Waals surface area (Å²) in [5.41, 5.74) is 5.30. The van der Waals surface area contributed by atoms with Crippen LogP contribution in [0.15, 0.2) is 35.2 Å². The van der Waals surface area contributed by atoms with Crippen molar-refractivity contribution < 1.29 is 13.2 Å². The first kappa shape index (κ1) is 18.2. The van der Waals surface area contributed by atoms with E-state index in [2.05, 4.69) is 10.0 Å². The van der Waals surface area contributed by atoms with E-state index in [0.29, 0.717) is 18.7 Å². The Balaban J connectivity index is 1.94. The summed E-state index contributed by atoms with van der Waals surface area (Å²) >= 11 is 6.12. The van der Waals surface area contributed by atoms with Gasteiger partial charge in [-0.05, 0) is 37.8 Å². The number of benzene rings is 1. The number of hydrogen-bond donors (Lipinski definition) is 3. The zero-order valence-electron chi connectivity index (χ0n) is 13.8. The van der Waals surface area contributed by atoms with Gasteiger partial charge >= 0.3 is 0 Å². The molecule has 1 amide bonds.